The molecule has 9 atom stereocenters. The first-order chi connectivity index (χ1) is 17.7. The molecule has 0 saturated heterocycles. The molecule has 38 heavy (non-hydrogen) atoms. The summed E-state index contributed by atoms with van der Waals surface area (Å²) in [4.78, 5) is 47.5. The van der Waals surface area contributed by atoms with Gasteiger partial charge in [-0.25, -0.2) is 0 Å². The molecule has 0 bridgehead atoms. The molecule has 0 radical (unpaired) electrons. The maximum atomic E-state index is 12.6. The van der Waals surface area contributed by atoms with E-state index in [1.165, 1.54) is 6.92 Å². The molecule has 0 heterocycles. The number of carboxylic acids is 1. The van der Waals surface area contributed by atoms with Gasteiger partial charge in [-0.3, -0.25) is 9.59 Å². The van der Waals surface area contributed by atoms with Crippen LogP contribution in [0, 0.1) is 35.0 Å². The average molecular weight is 543 g/mol. The number of hydrogen-bond donors (Lipinski definition) is 4. The highest BCUT2D eigenvalue weighted by atomic mass is 16.5. The van der Waals surface area contributed by atoms with Crippen molar-refractivity contribution in [2.75, 3.05) is 6.61 Å². The van der Waals surface area contributed by atoms with Gasteiger partial charge in [0.2, 0.25) is 0 Å². The first kappa shape index (κ1) is 34.2. The minimum absolute atomic E-state index is 0.0664. The second-order valence-electron chi connectivity index (χ2n) is 12.2. The van der Waals surface area contributed by atoms with Crippen LogP contribution in [0.3, 0.4) is 0 Å². The summed E-state index contributed by atoms with van der Waals surface area (Å²) in [7, 11) is 0. The van der Waals surface area contributed by atoms with Gasteiger partial charge in [0.1, 0.15) is 11.9 Å². The summed E-state index contributed by atoms with van der Waals surface area (Å²) in [5.41, 5.74) is -2.94. The van der Waals surface area contributed by atoms with E-state index in [0.29, 0.717) is 57.5 Å². The summed E-state index contributed by atoms with van der Waals surface area (Å²) in [6.45, 7) is 8.88. The maximum Gasteiger partial charge on any atom is 0.306 e. The molecular weight excluding hydrogens is 492 g/mol. The summed E-state index contributed by atoms with van der Waals surface area (Å²) in [6.07, 6.45) is 2.73. The molecule has 4 N–H and O–H groups in total. The summed E-state index contributed by atoms with van der Waals surface area (Å²) < 4.78 is 5.60. The van der Waals surface area contributed by atoms with Gasteiger partial charge in [-0.05, 0) is 69.1 Å². The number of rotatable bonds is 15. The SMILES string of the molecule is CCCC(COC(=O)CC(C)CC(=O)O)C(C(C)(O)C=O)C1(C(O)CC=O)CCC(C)CC(O)CC(C)C1. The van der Waals surface area contributed by atoms with Crippen LogP contribution in [0.2, 0.25) is 0 Å². The van der Waals surface area contributed by atoms with Crippen LogP contribution in [0.4, 0.5) is 0 Å². The lowest BCUT2D eigenvalue weighted by Crippen LogP contribution is -2.57. The van der Waals surface area contributed by atoms with Crippen LogP contribution < -0.4 is 0 Å². The van der Waals surface area contributed by atoms with Gasteiger partial charge in [0, 0.05) is 30.6 Å². The van der Waals surface area contributed by atoms with E-state index in [1.807, 2.05) is 20.8 Å². The molecule has 1 aliphatic carbocycles. The molecule has 9 heteroatoms. The number of aliphatic hydroxyl groups excluding tert-OH is 2. The Hall–Kier alpha value is -1.84. The van der Waals surface area contributed by atoms with Crippen LogP contribution in [-0.2, 0) is 23.9 Å². The van der Waals surface area contributed by atoms with Crippen LogP contribution in [0.25, 0.3) is 0 Å². The molecule has 1 saturated carbocycles. The van der Waals surface area contributed by atoms with Gasteiger partial charge >= 0.3 is 11.9 Å². The minimum Gasteiger partial charge on any atom is -0.481 e. The Kier molecular flexibility index (Phi) is 14.1. The monoisotopic (exact) mass is 542 g/mol. The summed E-state index contributed by atoms with van der Waals surface area (Å²) in [5.74, 6) is -3.27. The Balaban J connectivity index is 3.53. The Labute approximate surface area is 227 Å². The first-order valence-electron chi connectivity index (χ1n) is 14.1. The summed E-state index contributed by atoms with van der Waals surface area (Å²) in [6, 6.07) is 0. The molecule has 0 aliphatic heterocycles. The number of carbonyl (C=O) groups is 4. The van der Waals surface area contributed by atoms with Crippen LogP contribution in [0.15, 0.2) is 0 Å². The predicted molar refractivity (Wildman–Crippen MR) is 142 cm³/mol. The van der Waals surface area contributed by atoms with Gasteiger partial charge in [0.25, 0.3) is 0 Å². The lowest BCUT2D eigenvalue weighted by atomic mass is 9.54. The van der Waals surface area contributed by atoms with Crippen molar-refractivity contribution >= 4 is 24.5 Å². The van der Waals surface area contributed by atoms with Crippen molar-refractivity contribution in [3.05, 3.63) is 0 Å². The zero-order valence-electron chi connectivity index (χ0n) is 23.8. The van der Waals surface area contributed by atoms with Crippen LogP contribution in [0.5, 0.6) is 0 Å². The fourth-order valence-corrected chi connectivity index (χ4v) is 6.84. The highest BCUT2D eigenvalue weighted by molar-refractivity contribution is 5.72. The van der Waals surface area contributed by atoms with Gasteiger partial charge in [-0.15, -0.1) is 0 Å². The van der Waals surface area contributed by atoms with E-state index in [0.717, 1.165) is 0 Å². The highest BCUT2D eigenvalue weighted by Gasteiger charge is 2.55. The third-order valence-electron chi connectivity index (χ3n) is 8.28. The first-order valence-corrected chi connectivity index (χ1v) is 14.1. The number of aldehydes is 2. The molecule has 0 spiro atoms. The van der Waals surface area contributed by atoms with Crippen LogP contribution >= 0.6 is 0 Å². The zero-order chi connectivity index (χ0) is 29.1. The number of hydrogen-bond acceptors (Lipinski definition) is 8. The van der Waals surface area contributed by atoms with Crippen LogP contribution in [-0.4, -0.2) is 69.4 Å². The zero-order valence-corrected chi connectivity index (χ0v) is 23.8. The third-order valence-corrected chi connectivity index (χ3v) is 8.28. The van der Waals surface area contributed by atoms with Crippen molar-refractivity contribution in [2.45, 2.75) is 117 Å². The quantitative estimate of drug-likeness (QED) is 0.179. The van der Waals surface area contributed by atoms with Crippen molar-refractivity contribution in [1.82, 2.24) is 0 Å². The minimum atomic E-state index is -1.89. The largest absolute Gasteiger partial charge is 0.481 e. The third kappa shape index (κ3) is 10.0. The van der Waals surface area contributed by atoms with Crippen molar-refractivity contribution in [1.29, 1.82) is 0 Å². The number of ether oxygens (including phenoxy) is 1. The Morgan fingerprint density at radius 1 is 1.16 bits per heavy atom. The normalized spacial score (nSPS) is 29.3. The highest BCUT2D eigenvalue weighted by Crippen LogP contribution is 2.53. The predicted octanol–water partition coefficient (Wildman–Crippen LogP) is 3.55. The lowest BCUT2D eigenvalue weighted by Gasteiger charge is -2.52. The molecule has 1 rings (SSSR count). The molecule has 9 nitrogen and oxygen atoms in total. The standard InChI is InChI=1S/C29H50O9/c1-6-7-22(17-38-26(36)15-20(3)14-25(34)35)27(28(5,37)18-31)29(24(33)9-11-30)10-8-19(2)12-23(32)13-21(4)16-29/h11,18-24,27,32-33,37H,6-10,12-17H2,1-5H3,(H,34,35). The van der Waals surface area contributed by atoms with Crippen molar-refractivity contribution < 1.29 is 44.3 Å². The van der Waals surface area contributed by atoms with Gasteiger partial charge in [0.05, 0.1) is 18.8 Å². The van der Waals surface area contributed by atoms with Gasteiger partial charge in [0.15, 0.2) is 6.29 Å². The van der Waals surface area contributed by atoms with Crippen LogP contribution in [0.1, 0.15) is 98.8 Å². The summed E-state index contributed by atoms with van der Waals surface area (Å²) in [5, 5.41) is 42.7. The number of aliphatic carboxylic acids is 1. The topological polar surface area (TPSA) is 158 Å². The number of esters is 1. The van der Waals surface area contributed by atoms with E-state index in [9.17, 15) is 34.5 Å². The lowest BCUT2D eigenvalue weighted by molar-refractivity contribution is -0.170. The van der Waals surface area contributed by atoms with E-state index >= 15 is 0 Å². The molecule has 1 fully saturated rings. The van der Waals surface area contributed by atoms with Gasteiger partial charge < -0.3 is 34.8 Å². The average Bonchev–Trinajstić information content (AvgIpc) is 2.84. The van der Waals surface area contributed by atoms with E-state index in [2.05, 4.69) is 0 Å². The van der Waals surface area contributed by atoms with Crippen molar-refractivity contribution in [3.63, 3.8) is 0 Å². The van der Waals surface area contributed by atoms with Gasteiger partial charge in [-0.2, -0.15) is 0 Å². The second-order valence-corrected chi connectivity index (χ2v) is 12.2. The molecule has 0 amide bonds. The number of carbonyl (C=O) groups excluding carboxylic acids is 3. The molecule has 9 unspecified atom stereocenters. The Morgan fingerprint density at radius 3 is 2.34 bits per heavy atom. The fraction of sp³-hybridized carbons (Fsp3) is 0.862. The smallest absolute Gasteiger partial charge is 0.306 e. The maximum absolute atomic E-state index is 12.6. The fourth-order valence-electron chi connectivity index (χ4n) is 6.84. The summed E-state index contributed by atoms with van der Waals surface area (Å²) >= 11 is 0. The molecule has 0 aromatic carbocycles. The Bertz CT molecular complexity index is 767. The van der Waals surface area contributed by atoms with E-state index in [-0.39, 0.29) is 37.7 Å². The number of aliphatic hydroxyl groups is 3. The van der Waals surface area contributed by atoms with E-state index < -0.39 is 52.9 Å². The van der Waals surface area contributed by atoms with Crippen molar-refractivity contribution in [3.8, 4) is 0 Å². The molecule has 220 valence electrons. The van der Waals surface area contributed by atoms with E-state index in [4.69, 9.17) is 9.84 Å². The van der Waals surface area contributed by atoms with E-state index in [1.54, 1.807) is 6.92 Å². The molecular formula is C29H50O9. The second kappa shape index (κ2) is 15.7. The molecule has 1 aliphatic rings. The number of carboxylic acid groups (broad SMARTS) is 1. The molecule has 0 aromatic heterocycles. The van der Waals surface area contributed by atoms with Crippen molar-refractivity contribution in [2.24, 2.45) is 35.0 Å². The van der Waals surface area contributed by atoms with Gasteiger partial charge in [-0.1, -0.05) is 34.1 Å². The Morgan fingerprint density at radius 2 is 1.79 bits per heavy atom. The molecule has 0 aromatic rings.